The van der Waals surface area contributed by atoms with Gasteiger partial charge in [-0.2, -0.15) is 0 Å². The van der Waals surface area contributed by atoms with Gasteiger partial charge < -0.3 is 4.90 Å². The normalized spacial score (nSPS) is 17.7. The molecule has 0 unspecified atom stereocenters. The van der Waals surface area contributed by atoms with E-state index in [2.05, 4.69) is 41.1 Å². The molecule has 16 heavy (non-hydrogen) atoms. The van der Waals surface area contributed by atoms with Crippen LogP contribution in [0.25, 0.3) is 0 Å². The van der Waals surface area contributed by atoms with Crippen molar-refractivity contribution in [1.29, 1.82) is 0 Å². The minimum absolute atomic E-state index is 1.05. The first kappa shape index (κ1) is 11.2. The van der Waals surface area contributed by atoms with Crippen molar-refractivity contribution in [3.8, 4) is 0 Å². The van der Waals surface area contributed by atoms with Crippen LogP contribution in [0.1, 0.15) is 31.2 Å². The average molecular weight is 216 g/mol. The lowest BCUT2D eigenvalue weighted by Gasteiger charge is -2.15. The summed E-state index contributed by atoms with van der Waals surface area (Å²) < 4.78 is 0. The maximum atomic E-state index is 4.51. The van der Waals surface area contributed by atoms with E-state index in [1.54, 1.807) is 0 Å². The third kappa shape index (κ3) is 3.37. The van der Waals surface area contributed by atoms with Gasteiger partial charge in [0.25, 0.3) is 0 Å². The maximum Gasteiger partial charge on any atom is 0.0912 e. The van der Waals surface area contributed by atoms with E-state index >= 15 is 0 Å². The van der Waals surface area contributed by atoms with Gasteiger partial charge in [-0.05, 0) is 31.9 Å². The first-order valence-corrected chi connectivity index (χ1v) is 6.19. The number of rotatable bonds is 2. The summed E-state index contributed by atoms with van der Waals surface area (Å²) in [6.07, 6.45) is 7.36. The molecule has 1 aliphatic heterocycles. The Morgan fingerprint density at radius 1 is 1.00 bits per heavy atom. The van der Waals surface area contributed by atoms with Crippen LogP contribution in [0.15, 0.2) is 29.3 Å². The van der Waals surface area contributed by atoms with Crippen LogP contribution in [-0.2, 0) is 0 Å². The molecule has 0 aliphatic carbocycles. The van der Waals surface area contributed by atoms with Gasteiger partial charge in [0.1, 0.15) is 0 Å². The lowest BCUT2D eigenvalue weighted by atomic mass is 10.2. The Bertz CT molecular complexity index is 332. The molecular formula is C14H20N2. The molecular weight excluding hydrogens is 196 g/mol. The Kier molecular flexibility index (Phi) is 3.97. The number of likely N-dealkylation sites (tertiary alicyclic amines) is 1. The van der Waals surface area contributed by atoms with E-state index in [0.29, 0.717) is 0 Å². The zero-order valence-electron chi connectivity index (χ0n) is 10.0. The summed E-state index contributed by atoms with van der Waals surface area (Å²) in [5, 5.41) is 0. The second-order valence-electron chi connectivity index (χ2n) is 4.53. The molecule has 1 aromatic rings. The third-order valence-electron chi connectivity index (χ3n) is 3.04. The van der Waals surface area contributed by atoms with E-state index in [-0.39, 0.29) is 0 Å². The van der Waals surface area contributed by atoms with Crippen LogP contribution in [0.3, 0.4) is 0 Å². The summed E-state index contributed by atoms with van der Waals surface area (Å²) in [5.74, 6) is 0. The maximum absolute atomic E-state index is 4.51. The molecule has 2 rings (SSSR count). The zero-order valence-corrected chi connectivity index (χ0v) is 10.0. The Hall–Kier alpha value is -1.31. The number of nitrogens with zero attached hydrogens (tertiary/aromatic N) is 2. The van der Waals surface area contributed by atoms with Crippen molar-refractivity contribution in [1.82, 2.24) is 4.90 Å². The molecule has 0 saturated carbocycles. The molecule has 0 aromatic heterocycles. The fraction of sp³-hybridized carbons (Fsp3) is 0.500. The van der Waals surface area contributed by atoms with Gasteiger partial charge in [0.15, 0.2) is 0 Å². The van der Waals surface area contributed by atoms with Crippen molar-refractivity contribution in [2.24, 2.45) is 4.99 Å². The quantitative estimate of drug-likeness (QED) is 0.545. The van der Waals surface area contributed by atoms with Gasteiger partial charge >= 0.3 is 0 Å². The molecule has 0 atom stereocenters. The molecule has 1 aliphatic rings. The number of benzene rings is 1. The number of aliphatic imine (C=N–C) groups is 1. The Labute approximate surface area is 98.0 Å². The van der Waals surface area contributed by atoms with Crippen LogP contribution >= 0.6 is 0 Å². The molecule has 0 spiro atoms. The molecule has 1 saturated heterocycles. The summed E-state index contributed by atoms with van der Waals surface area (Å²) in [7, 11) is 0. The first-order valence-electron chi connectivity index (χ1n) is 6.19. The molecule has 0 radical (unpaired) electrons. The third-order valence-corrected chi connectivity index (χ3v) is 3.04. The van der Waals surface area contributed by atoms with Crippen LogP contribution in [0, 0.1) is 6.92 Å². The fourth-order valence-corrected chi connectivity index (χ4v) is 1.99. The van der Waals surface area contributed by atoms with E-state index in [9.17, 15) is 0 Å². The second-order valence-corrected chi connectivity index (χ2v) is 4.53. The molecule has 1 aromatic carbocycles. The largest absolute Gasteiger partial charge is 0.363 e. The molecule has 0 amide bonds. The van der Waals surface area contributed by atoms with Crippen molar-refractivity contribution in [2.75, 3.05) is 13.1 Å². The summed E-state index contributed by atoms with van der Waals surface area (Å²) in [4.78, 5) is 6.85. The molecule has 86 valence electrons. The van der Waals surface area contributed by atoms with Crippen LogP contribution in [0.5, 0.6) is 0 Å². The molecule has 2 heteroatoms. The van der Waals surface area contributed by atoms with E-state index < -0.39 is 0 Å². The molecule has 0 bridgehead atoms. The van der Waals surface area contributed by atoms with Crippen molar-refractivity contribution in [3.63, 3.8) is 0 Å². The summed E-state index contributed by atoms with van der Waals surface area (Å²) in [5.41, 5.74) is 2.34. The van der Waals surface area contributed by atoms with E-state index in [0.717, 1.165) is 18.8 Å². The first-order chi connectivity index (χ1) is 7.84. The van der Waals surface area contributed by atoms with E-state index in [1.807, 2.05) is 6.34 Å². The highest BCUT2D eigenvalue weighted by atomic mass is 15.1. The lowest BCUT2D eigenvalue weighted by Crippen LogP contribution is -2.22. The standard InChI is InChI=1S/C14H20N2/c1-13-6-8-14(9-7-13)15-12-16-10-4-2-3-5-11-16/h6-9,12H,2-5,10-11H2,1H3. The second kappa shape index (κ2) is 5.69. The molecule has 1 heterocycles. The van der Waals surface area contributed by atoms with Crippen LogP contribution < -0.4 is 0 Å². The van der Waals surface area contributed by atoms with Gasteiger partial charge in [-0.15, -0.1) is 0 Å². The lowest BCUT2D eigenvalue weighted by molar-refractivity contribution is 0.448. The van der Waals surface area contributed by atoms with Gasteiger partial charge in [-0.1, -0.05) is 30.5 Å². The highest BCUT2D eigenvalue weighted by Gasteiger charge is 2.04. The Balaban J connectivity index is 1.94. The van der Waals surface area contributed by atoms with Gasteiger partial charge in [0.05, 0.1) is 12.0 Å². The minimum Gasteiger partial charge on any atom is -0.363 e. The summed E-state index contributed by atoms with van der Waals surface area (Å²) in [6.45, 7) is 4.42. The van der Waals surface area contributed by atoms with E-state index in [4.69, 9.17) is 0 Å². The van der Waals surface area contributed by atoms with Gasteiger partial charge in [0.2, 0.25) is 0 Å². The van der Waals surface area contributed by atoms with Gasteiger partial charge in [-0.25, -0.2) is 4.99 Å². The highest BCUT2D eigenvalue weighted by molar-refractivity contribution is 5.61. The Morgan fingerprint density at radius 3 is 2.25 bits per heavy atom. The monoisotopic (exact) mass is 216 g/mol. The van der Waals surface area contributed by atoms with E-state index in [1.165, 1.54) is 31.2 Å². The fourth-order valence-electron chi connectivity index (χ4n) is 1.99. The van der Waals surface area contributed by atoms with Crippen molar-refractivity contribution in [3.05, 3.63) is 29.8 Å². The smallest absolute Gasteiger partial charge is 0.0912 e. The zero-order chi connectivity index (χ0) is 11.2. The number of aryl methyl sites for hydroxylation is 1. The predicted molar refractivity (Wildman–Crippen MR) is 69.4 cm³/mol. The average Bonchev–Trinajstić information content (AvgIpc) is 2.57. The molecule has 2 nitrogen and oxygen atoms in total. The van der Waals surface area contributed by atoms with Crippen molar-refractivity contribution in [2.45, 2.75) is 32.6 Å². The topological polar surface area (TPSA) is 15.6 Å². The number of hydrogen-bond donors (Lipinski definition) is 0. The van der Waals surface area contributed by atoms with Crippen LogP contribution in [-0.4, -0.2) is 24.3 Å². The Morgan fingerprint density at radius 2 is 1.62 bits per heavy atom. The SMILES string of the molecule is Cc1ccc(N=CN2CCCCCC2)cc1. The minimum atomic E-state index is 1.05. The predicted octanol–water partition coefficient (Wildman–Crippen LogP) is 3.53. The number of hydrogen-bond acceptors (Lipinski definition) is 1. The summed E-state index contributed by atoms with van der Waals surface area (Å²) in [6, 6.07) is 8.36. The van der Waals surface area contributed by atoms with Gasteiger partial charge in [0, 0.05) is 13.1 Å². The summed E-state index contributed by atoms with van der Waals surface area (Å²) >= 11 is 0. The van der Waals surface area contributed by atoms with Crippen molar-refractivity contribution < 1.29 is 0 Å². The van der Waals surface area contributed by atoms with Crippen molar-refractivity contribution >= 4 is 12.0 Å². The molecule has 0 N–H and O–H groups in total. The van der Waals surface area contributed by atoms with Crippen LogP contribution in [0.2, 0.25) is 0 Å². The van der Waals surface area contributed by atoms with Crippen LogP contribution in [0.4, 0.5) is 5.69 Å². The highest BCUT2D eigenvalue weighted by Crippen LogP contribution is 2.13. The molecule has 1 fully saturated rings. The van der Waals surface area contributed by atoms with Gasteiger partial charge in [-0.3, -0.25) is 0 Å².